The van der Waals surface area contributed by atoms with E-state index in [1.54, 1.807) is 36.5 Å². The van der Waals surface area contributed by atoms with Gasteiger partial charge in [0.1, 0.15) is 0 Å². The third kappa shape index (κ3) is 4.36. The molecule has 1 aromatic heterocycles. The molecule has 3 rings (SSSR count). The highest BCUT2D eigenvalue weighted by atomic mass is 16.2. The van der Waals surface area contributed by atoms with E-state index in [-0.39, 0.29) is 11.8 Å². The van der Waals surface area contributed by atoms with Gasteiger partial charge in [0.2, 0.25) is 0 Å². The van der Waals surface area contributed by atoms with Gasteiger partial charge in [-0.1, -0.05) is 32.0 Å². The second-order valence-corrected chi connectivity index (χ2v) is 6.70. The minimum Gasteiger partial charge on any atom is -0.339 e. The highest BCUT2D eigenvalue weighted by Crippen LogP contribution is 2.19. The molecule has 0 aliphatic rings. The molecule has 5 nitrogen and oxygen atoms in total. The van der Waals surface area contributed by atoms with E-state index in [1.165, 1.54) is 0 Å². The van der Waals surface area contributed by atoms with Crippen molar-refractivity contribution >= 4 is 28.4 Å². The van der Waals surface area contributed by atoms with E-state index in [9.17, 15) is 9.59 Å². The molecule has 144 valence electrons. The number of rotatable bonds is 7. The Morgan fingerprint density at radius 3 is 2.29 bits per heavy atom. The molecule has 0 fully saturated rings. The van der Waals surface area contributed by atoms with Gasteiger partial charge in [0.25, 0.3) is 11.8 Å². The molecule has 28 heavy (non-hydrogen) atoms. The van der Waals surface area contributed by atoms with Crippen LogP contribution in [-0.4, -0.2) is 34.8 Å². The highest BCUT2D eigenvalue weighted by Gasteiger charge is 2.15. The molecule has 1 heterocycles. The molecule has 0 aliphatic heterocycles. The summed E-state index contributed by atoms with van der Waals surface area (Å²) in [6, 6.07) is 16.3. The molecule has 2 aromatic carbocycles. The van der Waals surface area contributed by atoms with Crippen LogP contribution in [0.1, 0.15) is 47.4 Å². The topological polar surface area (TPSA) is 62.3 Å². The lowest BCUT2D eigenvalue weighted by Crippen LogP contribution is -2.32. The van der Waals surface area contributed by atoms with Gasteiger partial charge in [-0.05, 0) is 49.2 Å². The third-order valence-electron chi connectivity index (χ3n) is 4.56. The summed E-state index contributed by atoms with van der Waals surface area (Å²) < 4.78 is 0. The van der Waals surface area contributed by atoms with Crippen molar-refractivity contribution in [2.45, 2.75) is 26.7 Å². The summed E-state index contributed by atoms with van der Waals surface area (Å²) in [7, 11) is 0. The Hall–Kier alpha value is -3.21. The molecule has 5 heteroatoms. The number of fused-ring (bicyclic) bond motifs is 1. The van der Waals surface area contributed by atoms with E-state index in [0.29, 0.717) is 16.8 Å². The Labute approximate surface area is 165 Å². The van der Waals surface area contributed by atoms with Gasteiger partial charge in [-0.15, -0.1) is 0 Å². The number of para-hydroxylation sites is 1. The first-order chi connectivity index (χ1) is 13.6. The van der Waals surface area contributed by atoms with Crippen molar-refractivity contribution in [3.63, 3.8) is 0 Å². The Morgan fingerprint density at radius 1 is 0.929 bits per heavy atom. The Kier molecular flexibility index (Phi) is 6.37. The number of nitrogens with zero attached hydrogens (tertiary/aromatic N) is 2. The molecule has 2 amide bonds. The van der Waals surface area contributed by atoms with Crippen LogP contribution >= 0.6 is 0 Å². The van der Waals surface area contributed by atoms with Crippen LogP contribution in [0.4, 0.5) is 5.69 Å². The number of benzene rings is 2. The van der Waals surface area contributed by atoms with Crippen LogP contribution < -0.4 is 5.32 Å². The standard InChI is InChI=1S/C23H25N3O2/c1-3-15-26(16-4-2)23(28)17-9-11-18(12-10-17)25-22(27)20-13-14-24-21-8-6-5-7-19(20)21/h5-14H,3-4,15-16H2,1-2H3,(H,25,27). The normalized spacial score (nSPS) is 10.6. The summed E-state index contributed by atoms with van der Waals surface area (Å²) in [5, 5.41) is 3.71. The van der Waals surface area contributed by atoms with E-state index in [4.69, 9.17) is 0 Å². The summed E-state index contributed by atoms with van der Waals surface area (Å²) >= 11 is 0. The number of carbonyl (C=O) groups is 2. The fourth-order valence-corrected chi connectivity index (χ4v) is 3.23. The molecular weight excluding hydrogens is 350 g/mol. The molecule has 0 atom stereocenters. The van der Waals surface area contributed by atoms with Crippen LogP contribution in [0.25, 0.3) is 10.9 Å². The smallest absolute Gasteiger partial charge is 0.256 e. The Balaban J connectivity index is 1.75. The number of hydrogen-bond donors (Lipinski definition) is 1. The number of pyridine rings is 1. The van der Waals surface area contributed by atoms with Gasteiger partial charge in [0.05, 0.1) is 11.1 Å². The molecular formula is C23H25N3O2. The largest absolute Gasteiger partial charge is 0.339 e. The van der Waals surface area contributed by atoms with Crippen LogP contribution in [-0.2, 0) is 0 Å². The third-order valence-corrected chi connectivity index (χ3v) is 4.56. The number of aromatic nitrogens is 1. The number of hydrogen-bond acceptors (Lipinski definition) is 3. The van der Waals surface area contributed by atoms with E-state index in [1.807, 2.05) is 29.2 Å². The molecule has 0 radical (unpaired) electrons. The van der Waals surface area contributed by atoms with Crippen LogP contribution in [0, 0.1) is 0 Å². The van der Waals surface area contributed by atoms with E-state index in [0.717, 1.165) is 36.8 Å². The molecule has 0 saturated carbocycles. The predicted octanol–water partition coefficient (Wildman–Crippen LogP) is 4.75. The molecule has 0 spiro atoms. The average Bonchev–Trinajstić information content (AvgIpc) is 2.73. The van der Waals surface area contributed by atoms with Gasteiger partial charge in [-0.3, -0.25) is 14.6 Å². The first kappa shape index (κ1) is 19.5. The molecule has 3 aromatic rings. The van der Waals surface area contributed by atoms with Crippen molar-refractivity contribution in [3.05, 3.63) is 71.9 Å². The maximum Gasteiger partial charge on any atom is 0.256 e. The lowest BCUT2D eigenvalue weighted by Gasteiger charge is -2.21. The van der Waals surface area contributed by atoms with Crippen molar-refractivity contribution in [1.29, 1.82) is 0 Å². The summed E-state index contributed by atoms with van der Waals surface area (Å²) in [6.45, 7) is 5.63. The number of anilines is 1. The molecule has 0 saturated heterocycles. The van der Waals surface area contributed by atoms with Gasteiger partial charge in [0.15, 0.2) is 0 Å². The van der Waals surface area contributed by atoms with E-state index < -0.39 is 0 Å². The lowest BCUT2D eigenvalue weighted by molar-refractivity contribution is 0.0755. The predicted molar refractivity (Wildman–Crippen MR) is 113 cm³/mol. The Morgan fingerprint density at radius 2 is 1.61 bits per heavy atom. The quantitative estimate of drug-likeness (QED) is 0.648. The first-order valence-corrected chi connectivity index (χ1v) is 9.68. The van der Waals surface area contributed by atoms with E-state index in [2.05, 4.69) is 24.1 Å². The minimum absolute atomic E-state index is 0.0294. The summed E-state index contributed by atoms with van der Waals surface area (Å²) in [5.74, 6) is -0.169. The zero-order chi connectivity index (χ0) is 19.9. The van der Waals surface area contributed by atoms with Crippen LogP contribution in [0.15, 0.2) is 60.8 Å². The number of nitrogens with one attached hydrogen (secondary N) is 1. The monoisotopic (exact) mass is 375 g/mol. The van der Waals surface area contributed by atoms with Crippen LogP contribution in [0.2, 0.25) is 0 Å². The summed E-state index contributed by atoms with van der Waals surface area (Å²) in [5.41, 5.74) is 2.64. The van der Waals surface area contributed by atoms with Crippen LogP contribution in [0.5, 0.6) is 0 Å². The number of amides is 2. The lowest BCUT2D eigenvalue weighted by atomic mass is 10.1. The fourth-order valence-electron chi connectivity index (χ4n) is 3.23. The van der Waals surface area contributed by atoms with Crippen molar-refractivity contribution in [2.24, 2.45) is 0 Å². The van der Waals surface area contributed by atoms with Crippen molar-refractivity contribution < 1.29 is 9.59 Å². The highest BCUT2D eigenvalue weighted by molar-refractivity contribution is 6.12. The van der Waals surface area contributed by atoms with Crippen molar-refractivity contribution in [1.82, 2.24) is 9.88 Å². The summed E-state index contributed by atoms with van der Waals surface area (Å²) in [4.78, 5) is 31.5. The van der Waals surface area contributed by atoms with Gasteiger partial charge in [0, 0.05) is 35.9 Å². The molecule has 0 unspecified atom stereocenters. The average molecular weight is 375 g/mol. The minimum atomic E-state index is -0.198. The number of carbonyl (C=O) groups excluding carboxylic acids is 2. The molecule has 0 aliphatic carbocycles. The van der Waals surface area contributed by atoms with Gasteiger partial charge >= 0.3 is 0 Å². The maximum atomic E-state index is 12.7. The summed E-state index contributed by atoms with van der Waals surface area (Å²) in [6.07, 6.45) is 3.49. The molecule has 0 bridgehead atoms. The Bertz CT molecular complexity index is 956. The fraction of sp³-hybridized carbons (Fsp3) is 0.261. The second kappa shape index (κ2) is 9.13. The van der Waals surface area contributed by atoms with Crippen molar-refractivity contribution in [3.8, 4) is 0 Å². The zero-order valence-electron chi connectivity index (χ0n) is 16.3. The first-order valence-electron chi connectivity index (χ1n) is 9.68. The van der Waals surface area contributed by atoms with Crippen LogP contribution in [0.3, 0.4) is 0 Å². The van der Waals surface area contributed by atoms with Gasteiger partial charge in [-0.25, -0.2) is 0 Å². The zero-order valence-corrected chi connectivity index (χ0v) is 16.3. The van der Waals surface area contributed by atoms with Crippen molar-refractivity contribution in [2.75, 3.05) is 18.4 Å². The van der Waals surface area contributed by atoms with Gasteiger partial charge < -0.3 is 10.2 Å². The maximum absolute atomic E-state index is 12.7. The van der Waals surface area contributed by atoms with Gasteiger partial charge in [-0.2, -0.15) is 0 Å². The molecule has 1 N–H and O–H groups in total. The second-order valence-electron chi connectivity index (χ2n) is 6.70. The van der Waals surface area contributed by atoms with E-state index >= 15 is 0 Å². The SMILES string of the molecule is CCCN(CCC)C(=O)c1ccc(NC(=O)c2ccnc3ccccc23)cc1.